The highest BCUT2D eigenvalue weighted by molar-refractivity contribution is 5.78. The molecule has 17 heavy (non-hydrogen) atoms. The van der Waals surface area contributed by atoms with Crippen molar-refractivity contribution in [3.8, 4) is 5.69 Å². The van der Waals surface area contributed by atoms with E-state index < -0.39 is 5.97 Å². The van der Waals surface area contributed by atoms with E-state index in [2.05, 4.69) is 11.1 Å². The summed E-state index contributed by atoms with van der Waals surface area (Å²) in [5.41, 5.74) is 3.14. The summed E-state index contributed by atoms with van der Waals surface area (Å²) in [4.78, 5) is 15.1. The molecule has 86 valence electrons. The topological polar surface area (TPSA) is 55.1 Å². The SMILES string of the molecule is O=C(O)C1CCc2cc(-n3ccnc3)ccc21. The molecule has 0 fully saturated rings. The lowest BCUT2D eigenvalue weighted by molar-refractivity contribution is -0.138. The van der Waals surface area contributed by atoms with Gasteiger partial charge in [-0.1, -0.05) is 6.07 Å². The Morgan fingerprint density at radius 2 is 2.35 bits per heavy atom. The van der Waals surface area contributed by atoms with Crippen molar-refractivity contribution in [2.45, 2.75) is 18.8 Å². The van der Waals surface area contributed by atoms with Gasteiger partial charge in [0, 0.05) is 18.1 Å². The molecular formula is C13H12N2O2. The Labute approximate surface area is 98.5 Å². The largest absolute Gasteiger partial charge is 0.481 e. The zero-order valence-electron chi connectivity index (χ0n) is 9.21. The van der Waals surface area contributed by atoms with Crippen molar-refractivity contribution >= 4 is 5.97 Å². The number of fused-ring (bicyclic) bond motifs is 1. The number of hydrogen-bond acceptors (Lipinski definition) is 2. The molecule has 1 N–H and O–H groups in total. The molecule has 4 heteroatoms. The molecule has 1 aromatic carbocycles. The normalized spacial score (nSPS) is 18.0. The van der Waals surface area contributed by atoms with Crippen molar-refractivity contribution in [3.05, 3.63) is 48.0 Å². The van der Waals surface area contributed by atoms with Gasteiger partial charge in [0.2, 0.25) is 0 Å². The maximum Gasteiger partial charge on any atom is 0.310 e. The molecule has 0 spiro atoms. The molecule has 3 rings (SSSR count). The van der Waals surface area contributed by atoms with E-state index in [-0.39, 0.29) is 5.92 Å². The Morgan fingerprint density at radius 1 is 1.47 bits per heavy atom. The van der Waals surface area contributed by atoms with Gasteiger partial charge in [0.05, 0.1) is 12.2 Å². The van der Waals surface area contributed by atoms with Gasteiger partial charge in [0.25, 0.3) is 0 Å². The van der Waals surface area contributed by atoms with Crippen LogP contribution in [0.1, 0.15) is 23.5 Å². The minimum Gasteiger partial charge on any atom is -0.481 e. The number of benzene rings is 1. The highest BCUT2D eigenvalue weighted by Gasteiger charge is 2.28. The molecule has 1 heterocycles. The number of nitrogens with zero attached hydrogens (tertiary/aromatic N) is 2. The monoisotopic (exact) mass is 228 g/mol. The van der Waals surface area contributed by atoms with E-state index in [9.17, 15) is 4.79 Å². The Morgan fingerprint density at radius 3 is 3.06 bits per heavy atom. The van der Waals surface area contributed by atoms with E-state index in [1.54, 1.807) is 12.5 Å². The Balaban J connectivity index is 2.02. The molecule has 0 bridgehead atoms. The number of aliphatic carboxylic acids is 1. The van der Waals surface area contributed by atoms with E-state index >= 15 is 0 Å². The number of aryl methyl sites for hydroxylation is 1. The molecule has 1 aliphatic rings. The lowest BCUT2D eigenvalue weighted by Crippen LogP contribution is -2.07. The van der Waals surface area contributed by atoms with Gasteiger partial charge < -0.3 is 9.67 Å². The molecule has 4 nitrogen and oxygen atoms in total. The first-order chi connectivity index (χ1) is 8.25. The third-order valence-electron chi connectivity index (χ3n) is 3.30. The number of carbonyl (C=O) groups is 1. The third kappa shape index (κ3) is 1.62. The summed E-state index contributed by atoms with van der Waals surface area (Å²) in [5, 5.41) is 9.10. The molecule has 1 aliphatic carbocycles. The van der Waals surface area contributed by atoms with E-state index in [0.29, 0.717) is 6.42 Å². The zero-order valence-corrected chi connectivity index (χ0v) is 9.21. The summed E-state index contributed by atoms with van der Waals surface area (Å²) in [6.07, 6.45) is 6.90. The van der Waals surface area contributed by atoms with Crippen molar-refractivity contribution < 1.29 is 9.90 Å². The number of aromatic nitrogens is 2. The Kier molecular flexibility index (Phi) is 2.21. The van der Waals surface area contributed by atoms with Crippen LogP contribution in [0.5, 0.6) is 0 Å². The first-order valence-electron chi connectivity index (χ1n) is 5.59. The van der Waals surface area contributed by atoms with Crippen molar-refractivity contribution in [3.63, 3.8) is 0 Å². The van der Waals surface area contributed by atoms with Gasteiger partial charge in [-0.25, -0.2) is 4.98 Å². The number of rotatable bonds is 2. The molecule has 2 aromatic rings. The summed E-state index contributed by atoms with van der Waals surface area (Å²) >= 11 is 0. The molecule has 0 radical (unpaired) electrons. The van der Waals surface area contributed by atoms with Crippen LogP contribution in [0.15, 0.2) is 36.9 Å². The molecule has 1 unspecified atom stereocenters. The number of carboxylic acids is 1. The molecular weight excluding hydrogens is 216 g/mol. The van der Waals surface area contributed by atoms with Crippen LogP contribution in [0.4, 0.5) is 0 Å². The fraction of sp³-hybridized carbons (Fsp3) is 0.231. The fourth-order valence-electron chi connectivity index (χ4n) is 2.43. The standard InChI is InChI=1S/C13H12N2O2/c16-13(17)12-3-1-9-7-10(2-4-11(9)12)15-6-5-14-8-15/h2,4-8,12H,1,3H2,(H,16,17). The summed E-state index contributed by atoms with van der Waals surface area (Å²) < 4.78 is 1.92. The van der Waals surface area contributed by atoms with Crippen molar-refractivity contribution in [1.29, 1.82) is 0 Å². The Hall–Kier alpha value is -2.10. The van der Waals surface area contributed by atoms with Crippen LogP contribution in [0.3, 0.4) is 0 Å². The molecule has 1 aromatic heterocycles. The molecule has 1 atom stereocenters. The van der Waals surface area contributed by atoms with Gasteiger partial charge in [-0.15, -0.1) is 0 Å². The van der Waals surface area contributed by atoms with Crippen LogP contribution in [-0.2, 0) is 11.2 Å². The van der Waals surface area contributed by atoms with Crippen LogP contribution < -0.4 is 0 Å². The van der Waals surface area contributed by atoms with E-state index in [0.717, 1.165) is 23.2 Å². The second-order valence-electron chi connectivity index (χ2n) is 4.28. The van der Waals surface area contributed by atoms with Crippen LogP contribution in [-0.4, -0.2) is 20.6 Å². The number of imidazole rings is 1. The summed E-state index contributed by atoms with van der Waals surface area (Å²) in [5.74, 6) is -1.05. The van der Waals surface area contributed by atoms with Gasteiger partial charge in [0.15, 0.2) is 0 Å². The first-order valence-corrected chi connectivity index (χ1v) is 5.59. The van der Waals surface area contributed by atoms with E-state index in [4.69, 9.17) is 5.11 Å². The summed E-state index contributed by atoms with van der Waals surface area (Å²) in [6.45, 7) is 0. The maximum atomic E-state index is 11.1. The van der Waals surface area contributed by atoms with Crippen LogP contribution in [0.25, 0.3) is 5.69 Å². The molecule has 0 amide bonds. The van der Waals surface area contributed by atoms with E-state index in [1.807, 2.05) is 22.9 Å². The van der Waals surface area contributed by atoms with Gasteiger partial charge in [0.1, 0.15) is 0 Å². The summed E-state index contributed by atoms with van der Waals surface area (Å²) in [6, 6.07) is 5.93. The molecule has 0 aliphatic heterocycles. The van der Waals surface area contributed by atoms with E-state index in [1.165, 1.54) is 0 Å². The lowest BCUT2D eigenvalue weighted by atomic mass is 10.0. The fourth-order valence-corrected chi connectivity index (χ4v) is 2.43. The van der Waals surface area contributed by atoms with Crippen molar-refractivity contribution in [2.24, 2.45) is 0 Å². The van der Waals surface area contributed by atoms with Crippen LogP contribution >= 0.6 is 0 Å². The number of carboxylic acid groups (broad SMARTS) is 1. The second kappa shape index (κ2) is 3.73. The van der Waals surface area contributed by atoms with Crippen molar-refractivity contribution in [2.75, 3.05) is 0 Å². The minimum absolute atomic E-state index is 0.332. The average molecular weight is 228 g/mol. The van der Waals surface area contributed by atoms with Crippen LogP contribution in [0.2, 0.25) is 0 Å². The predicted molar refractivity (Wildman–Crippen MR) is 62.3 cm³/mol. The number of hydrogen-bond donors (Lipinski definition) is 1. The minimum atomic E-state index is -0.723. The lowest BCUT2D eigenvalue weighted by Gasteiger charge is -2.08. The van der Waals surface area contributed by atoms with Gasteiger partial charge in [-0.3, -0.25) is 4.79 Å². The van der Waals surface area contributed by atoms with Crippen molar-refractivity contribution in [1.82, 2.24) is 9.55 Å². The highest BCUT2D eigenvalue weighted by Crippen LogP contribution is 2.34. The van der Waals surface area contributed by atoms with Crippen LogP contribution in [0, 0.1) is 0 Å². The second-order valence-corrected chi connectivity index (χ2v) is 4.28. The average Bonchev–Trinajstić information content (AvgIpc) is 2.97. The quantitative estimate of drug-likeness (QED) is 0.855. The maximum absolute atomic E-state index is 11.1. The Bertz CT molecular complexity index is 561. The summed E-state index contributed by atoms with van der Waals surface area (Å²) in [7, 11) is 0. The van der Waals surface area contributed by atoms with Gasteiger partial charge in [-0.2, -0.15) is 0 Å². The van der Waals surface area contributed by atoms with Gasteiger partial charge >= 0.3 is 5.97 Å². The van der Waals surface area contributed by atoms with Gasteiger partial charge in [-0.05, 0) is 36.1 Å². The smallest absolute Gasteiger partial charge is 0.310 e. The highest BCUT2D eigenvalue weighted by atomic mass is 16.4. The predicted octanol–water partition coefficient (Wildman–Crippen LogP) is 1.99. The zero-order chi connectivity index (χ0) is 11.8. The molecule has 0 saturated heterocycles. The molecule has 0 saturated carbocycles. The third-order valence-corrected chi connectivity index (χ3v) is 3.30. The first kappa shape index (κ1) is 10.1.